The molecule has 98 valence electrons. The number of piperidine rings is 1. The van der Waals surface area contributed by atoms with Crippen LogP contribution in [0.25, 0.3) is 0 Å². The van der Waals surface area contributed by atoms with Crippen molar-refractivity contribution in [1.29, 1.82) is 0 Å². The standard InChI is InChI=1S/C13H25N3O/c1-16-6-3-11(4-7-16)2-5-15-13(17)8-12-9-14-10-12/h11-12,14H,2-10H2,1H3,(H,15,17). The molecule has 4 nitrogen and oxygen atoms in total. The highest BCUT2D eigenvalue weighted by Gasteiger charge is 2.20. The lowest BCUT2D eigenvalue weighted by Crippen LogP contribution is -2.44. The Morgan fingerprint density at radius 3 is 2.59 bits per heavy atom. The first-order valence-corrected chi connectivity index (χ1v) is 6.90. The molecule has 0 radical (unpaired) electrons. The Morgan fingerprint density at radius 2 is 2.00 bits per heavy atom. The van der Waals surface area contributed by atoms with Crippen molar-refractivity contribution in [2.24, 2.45) is 11.8 Å². The lowest BCUT2D eigenvalue weighted by atomic mass is 9.94. The monoisotopic (exact) mass is 239 g/mol. The fourth-order valence-corrected chi connectivity index (χ4v) is 2.59. The van der Waals surface area contributed by atoms with E-state index >= 15 is 0 Å². The molecule has 4 heteroatoms. The van der Waals surface area contributed by atoms with Crippen LogP contribution >= 0.6 is 0 Å². The van der Waals surface area contributed by atoms with Gasteiger partial charge in [0.15, 0.2) is 0 Å². The molecule has 0 bridgehead atoms. The second-order valence-corrected chi connectivity index (χ2v) is 5.61. The summed E-state index contributed by atoms with van der Waals surface area (Å²) < 4.78 is 0. The van der Waals surface area contributed by atoms with E-state index in [1.54, 1.807) is 0 Å². The number of carbonyl (C=O) groups is 1. The number of nitrogens with zero attached hydrogens (tertiary/aromatic N) is 1. The van der Waals surface area contributed by atoms with Gasteiger partial charge in [-0.3, -0.25) is 4.79 Å². The quantitative estimate of drug-likeness (QED) is 0.732. The van der Waals surface area contributed by atoms with E-state index in [-0.39, 0.29) is 5.91 Å². The number of hydrogen-bond acceptors (Lipinski definition) is 3. The summed E-state index contributed by atoms with van der Waals surface area (Å²) in [5, 5.41) is 6.25. The molecule has 2 aliphatic rings. The van der Waals surface area contributed by atoms with Crippen LogP contribution in [0.4, 0.5) is 0 Å². The molecular weight excluding hydrogens is 214 g/mol. The third-order valence-electron chi connectivity index (χ3n) is 4.05. The Bertz CT molecular complexity index is 245. The lowest BCUT2D eigenvalue weighted by molar-refractivity contribution is -0.122. The minimum Gasteiger partial charge on any atom is -0.356 e. The highest BCUT2D eigenvalue weighted by molar-refractivity contribution is 5.76. The van der Waals surface area contributed by atoms with E-state index in [0.29, 0.717) is 12.3 Å². The molecule has 2 aliphatic heterocycles. The zero-order valence-corrected chi connectivity index (χ0v) is 10.9. The fourth-order valence-electron chi connectivity index (χ4n) is 2.59. The van der Waals surface area contributed by atoms with Gasteiger partial charge in [0.2, 0.25) is 5.91 Å². The molecule has 0 unspecified atom stereocenters. The number of carbonyl (C=O) groups excluding carboxylic acids is 1. The summed E-state index contributed by atoms with van der Waals surface area (Å²) in [4.78, 5) is 14.0. The summed E-state index contributed by atoms with van der Waals surface area (Å²) in [5.74, 6) is 1.64. The molecule has 2 N–H and O–H groups in total. The largest absolute Gasteiger partial charge is 0.356 e. The lowest BCUT2D eigenvalue weighted by Gasteiger charge is -2.29. The van der Waals surface area contributed by atoms with E-state index in [9.17, 15) is 4.79 Å². The molecule has 2 heterocycles. The molecule has 0 spiro atoms. The average Bonchev–Trinajstić information content (AvgIpc) is 2.26. The highest BCUT2D eigenvalue weighted by atomic mass is 16.1. The summed E-state index contributed by atoms with van der Waals surface area (Å²) in [6.07, 6.45) is 4.45. The molecule has 0 aromatic heterocycles. The predicted octanol–water partition coefficient (Wildman–Crippen LogP) is 0.444. The summed E-state index contributed by atoms with van der Waals surface area (Å²) in [5.41, 5.74) is 0. The molecular formula is C13H25N3O. The van der Waals surface area contributed by atoms with Gasteiger partial charge in [0.25, 0.3) is 0 Å². The van der Waals surface area contributed by atoms with Gasteiger partial charge in [0.1, 0.15) is 0 Å². The molecule has 2 rings (SSSR count). The smallest absolute Gasteiger partial charge is 0.220 e. The van der Waals surface area contributed by atoms with Crippen molar-refractivity contribution >= 4 is 5.91 Å². The normalized spacial score (nSPS) is 23.4. The van der Waals surface area contributed by atoms with Crippen molar-refractivity contribution in [2.75, 3.05) is 39.8 Å². The van der Waals surface area contributed by atoms with Crippen molar-refractivity contribution < 1.29 is 4.79 Å². The molecule has 2 saturated heterocycles. The van der Waals surface area contributed by atoms with Crippen molar-refractivity contribution in [3.05, 3.63) is 0 Å². The van der Waals surface area contributed by atoms with E-state index < -0.39 is 0 Å². The van der Waals surface area contributed by atoms with Crippen LogP contribution in [0.3, 0.4) is 0 Å². The Balaban J connectivity index is 1.51. The molecule has 0 aromatic rings. The van der Waals surface area contributed by atoms with Gasteiger partial charge >= 0.3 is 0 Å². The van der Waals surface area contributed by atoms with Gasteiger partial charge in [-0.1, -0.05) is 0 Å². The Morgan fingerprint density at radius 1 is 1.29 bits per heavy atom. The minimum atomic E-state index is 0.240. The van der Waals surface area contributed by atoms with Crippen molar-refractivity contribution in [3.8, 4) is 0 Å². The van der Waals surface area contributed by atoms with Crippen LogP contribution in [0.5, 0.6) is 0 Å². The van der Waals surface area contributed by atoms with E-state index in [2.05, 4.69) is 22.6 Å². The third-order valence-corrected chi connectivity index (χ3v) is 4.05. The molecule has 2 fully saturated rings. The van der Waals surface area contributed by atoms with E-state index in [4.69, 9.17) is 0 Å². The number of hydrogen-bond donors (Lipinski definition) is 2. The molecule has 0 aromatic carbocycles. The summed E-state index contributed by atoms with van der Waals surface area (Å²) in [7, 11) is 2.19. The zero-order valence-electron chi connectivity index (χ0n) is 10.9. The third kappa shape index (κ3) is 4.28. The first-order valence-electron chi connectivity index (χ1n) is 6.90. The Kier molecular flexibility index (Phi) is 4.80. The van der Waals surface area contributed by atoms with Gasteiger partial charge in [0.05, 0.1) is 0 Å². The summed E-state index contributed by atoms with van der Waals surface area (Å²) in [6, 6.07) is 0. The Hall–Kier alpha value is -0.610. The van der Waals surface area contributed by atoms with Gasteiger partial charge in [-0.05, 0) is 64.3 Å². The first kappa shape index (κ1) is 12.8. The van der Waals surface area contributed by atoms with Crippen LogP contribution in [0.2, 0.25) is 0 Å². The molecule has 1 amide bonds. The van der Waals surface area contributed by atoms with Gasteiger partial charge in [-0.15, -0.1) is 0 Å². The molecule has 0 saturated carbocycles. The second kappa shape index (κ2) is 6.36. The number of amides is 1. The fraction of sp³-hybridized carbons (Fsp3) is 0.923. The van der Waals surface area contributed by atoms with Crippen LogP contribution in [-0.2, 0) is 4.79 Å². The second-order valence-electron chi connectivity index (χ2n) is 5.61. The maximum Gasteiger partial charge on any atom is 0.220 e. The van der Waals surface area contributed by atoms with E-state index in [1.807, 2.05) is 0 Å². The van der Waals surface area contributed by atoms with E-state index in [0.717, 1.165) is 32.0 Å². The number of rotatable bonds is 5. The van der Waals surface area contributed by atoms with Gasteiger partial charge in [0, 0.05) is 13.0 Å². The number of likely N-dealkylation sites (tertiary alicyclic amines) is 1. The molecule has 0 aliphatic carbocycles. The van der Waals surface area contributed by atoms with Crippen molar-refractivity contribution in [1.82, 2.24) is 15.5 Å². The summed E-state index contributed by atoms with van der Waals surface area (Å²) in [6.45, 7) is 5.33. The Labute approximate surface area is 104 Å². The van der Waals surface area contributed by atoms with Gasteiger partial charge in [-0.25, -0.2) is 0 Å². The maximum atomic E-state index is 11.6. The van der Waals surface area contributed by atoms with Crippen molar-refractivity contribution in [2.45, 2.75) is 25.7 Å². The van der Waals surface area contributed by atoms with Crippen molar-refractivity contribution in [3.63, 3.8) is 0 Å². The first-order chi connectivity index (χ1) is 8.24. The van der Waals surface area contributed by atoms with Crippen LogP contribution in [0.1, 0.15) is 25.7 Å². The molecule has 17 heavy (non-hydrogen) atoms. The highest BCUT2D eigenvalue weighted by Crippen LogP contribution is 2.18. The van der Waals surface area contributed by atoms with E-state index in [1.165, 1.54) is 25.9 Å². The van der Waals surface area contributed by atoms with Gasteiger partial charge < -0.3 is 15.5 Å². The minimum absolute atomic E-state index is 0.240. The predicted molar refractivity (Wildman–Crippen MR) is 68.8 cm³/mol. The van der Waals surface area contributed by atoms with Gasteiger partial charge in [-0.2, -0.15) is 0 Å². The zero-order chi connectivity index (χ0) is 12.1. The SMILES string of the molecule is CN1CCC(CCNC(=O)CC2CNC2)CC1. The average molecular weight is 239 g/mol. The van der Waals surface area contributed by atoms with Crippen LogP contribution in [-0.4, -0.2) is 50.6 Å². The summed E-state index contributed by atoms with van der Waals surface area (Å²) >= 11 is 0. The topological polar surface area (TPSA) is 44.4 Å². The van der Waals surface area contributed by atoms with Crippen LogP contribution in [0.15, 0.2) is 0 Å². The van der Waals surface area contributed by atoms with Crippen LogP contribution in [0, 0.1) is 11.8 Å². The maximum absolute atomic E-state index is 11.6. The number of nitrogens with one attached hydrogen (secondary N) is 2. The molecule has 0 atom stereocenters. The van der Waals surface area contributed by atoms with Crippen LogP contribution < -0.4 is 10.6 Å².